The Kier molecular flexibility index (Phi) is 5.47. The molecule has 1 aromatic carbocycles. The van der Waals surface area contributed by atoms with E-state index >= 15 is 0 Å². The van der Waals surface area contributed by atoms with E-state index in [4.69, 9.17) is 9.47 Å². The first kappa shape index (κ1) is 18.2. The third-order valence-corrected chi connectivity index (χ3v) is 4.99. The number of benzene rings is 1. The summed E-state index contributed by atoms with van der Waals surface area (Å²) in [6, 6.07) is 5.24. The van der Waals surface area contributed by atoms with Crippen molar-refractivity contribution in [2.75, 3.05) is 20.8 Å². The van der Waals surface area contributed by atoms with Gasteiger partial charge >= 0.3 is 0 Å². The topological polar surface area (TPSA) is 78.7 Å². The van der Waals surface area contributed by atoms with Crippen molar-refractivity contribution in [1.29, 1.82) is 0 Å². The lowest BCUT2D eigenvalue weighted by Gasteiger charge is -2.36. The summed E-state index contributed by atoms with van der Waals surface area (Å²) in [6.07, 6.45) is 2.38. The molecule has 2 rings (SSSR count). The van der Waals surface area contributed by atoms with Crippen molar-refractivity contribution in [3.8, 4) is 11.5 Å². The number of hydrogen-bond donors (Lipinski definition) is 0. The second-order valence-electron chi connectivity index (χ2n) is 6.98. The van der Waals surface area contributed by atoms with Gasteiger partial charge in [0.2, 0.25) is 6.54 Å². The van der Waals surface area contributed by atoms with Gasteiger partial charge in [0, 0.05) is 21.8 Å². The maximum atomic E-state index is 12.9. The van der Waals surface area contributed by atoms with Crippen molar-refractivity contribution in [2.45, 2.75) is 39.0 Å². The Morgan fingerprint density at radius 2 is 2.04 bits per heavy atom. The van der Waals surface area contributed by atoms with Gasteiger partial charge in [-0.2, -0.15) is 0 Å². The third kappa shape index (κ3) is 3.68. The van der Waals surface area contributed by atoms with Gasteiger partial charge in [0.15, 0.2) is 0 Å². The molecule has 0 radical (unpaired) electrons. The molecule has 6 heteroatoms. The molecule has 0 aliphatic heterocycles. The van der Waals surface area contributed by atoms with Crippen LogP contribution in [0.5, 0.6) is 11.5 Å². The lowest BCUT2D eigenvalue weighted by Crippen LogP contribution is -2.40. The lowest BCUT2D eigenvalue weighted by molar-refractivity contribution is -0.484. The molecule has 0 heterocycles. The first-order valence-electron chi connectivity index (χ1n) is 8.18. The fourth-order valence-corrected chi connectivity index (χ4v) is 3.64. The minimum absolute atomic E-state index is 0.102. The van der Waals surface area contributed by atoms with E-state index in [0.717, 1.165) is 12.8 Å². The molecular weight excluding hydrogens is 310 g/mol. The quantitative estimate of drug-likeness (QED) is 0.587. The van der Waals surface area contributed by atoms with Crippen LogP contribution in [-0.4, -0.2) is 31.5 Å². The smallest absolute Gasteiger partial charge is 0.211 e. The van der Waals surface area contributed by atoms with E-state index in [1.165, 1.54) is 7.11 Å². The van der Waals surface area contributed by atoms with E-state index in [9.17, 15) is 14.9 Å². The van der Waals surface area contributed by atoms with Crippen molar-refractivity contribution in [1.82, 2.24) is 0 Å². The highest BCUT2D eigenvalue weighted by molar-refractivity contribution is 5.88. The molecule has 1 aliphatic rings. The van der Waals surface area contributed by atoms with Crippen LogP contribution in [0.15, 0.2) is 18.2 Å². The lowest BCUT2D eigenvalue weighted by atomic mass is 9.66. The van der Waals surface area contributed by atoms with Gasteiger partial charge in [0.1, 0.15) is 17.3 Å². The van der Waals surface area contributed by atoms with Crippen LogP contribution in [0.3, 0.4) is 0 Å². The Bertz CT molecular complexity index is 626. The van der Waals surface area contributed by atoms with Gasteiger partial charge in [-0.05, 0) is 31.0 Å². The molecule has 6 nitrogen and oxygen atoms in total. The highest BCUT2D eigenvalue weighted by atomic mass is 16.6. The SMILES string of the molecule is COc1ccc(OC)c([C@H](C[N+](=O)[O-])[C@H]2CCCC(C)(C)C2=O)c1. The van der Waals surface area contributed by atoms with E-state index < -0.39 is 11.3 Å². The number of carbonyl (C=O) groups is 1. The monoisotopic (exact) mass is 335 g/mol. The number of carbonyl (C=O) groups excluding carboxylic acids is 1. The summed E-state index contributed by atoms with van der Waals surface area (Å²) in [7, 11) is 3.07. The van der Waals surface area contributed by atoms with Crippen molar-refractivity contribution in [3.63, 3.8) is 0 Å². The predicted octanol–water partition coefficient (Wildman–Crippen LogP) is 3.46. The van der Waals surface area contributed by atoms with Gasteiger partial charge in [-0.1, -0.05) is 20.3 Å². The number of rotatable bonds is 6. The van der Waals surface area contributed by atoms with Crippen molar-refractivity contribution < 1.29 is 19.2 Å². The number of methoxy groups -OCH3 is 2. The number of nitrogens with zero attached hydrogens (tertiary/aromatic N) is 1. The Hall–Kier alpha value is -2.11. The summed E-state index contributed by atoms with van der Waals surface area (Å²) in [5, 5.41) is 11.3. The van der Waals surface area contributed by atoms with Crippen molar-refractivity contribution in [3.05, 3.63) is 33.9 Å². The van der Waals surface area contributed by atoms with E-state index in [-0.39, 0.29) is 23.2 Å². The van der Waals surface area contributed by atoms with Gasteiger partial charge in [-0.3, -0.25) is 14.9 Å². The molecule has 0 bridgehead atoms. The van der Waals surface area contributed by atoms with E-state index in [1.54, 1.807) is 25.3 Å². The zero-order chi connectivity index (χ0) is 17.9. The maximum Gasteiger partial charge on any atom is 0.211 e. The second-order valence-corrected chi connectivity index (χ2v) is 6.98. The molecule has 1 saturated carbocycles. The number of Topliss-reactive ketones (excluding diaryl/α,β-unsaturated/α-hetero) is 1. The van der Waals surface area contributed by atoms with Crippen LogP contribution >= 0.6 is 0 Å². The molecule has 0 unspecified atom stereocenters. The Morgan fingerprint density at radius 1 is 1.33 bits per heavy atom. The minimum atomic E-state index is -0.517. The molecule has 0 saturated heterocycles. The summed E-state index contributed by atoms with van der Waals surface area (Å²) in [5.74, 6) is 0.364. The fraction of sp³-hybridized carbons (Fsp3) is 0.611. The number of nitro groups is 1. The number of ketones is 1. The van der Waals surface area contributed by atoms with Crippen LogP contribution in [0, 0.1) is 21.4 Å². The van der Waals surface area contributed by atoms with Gasteiger partial charge in [0.05, 0.1) is 20.1 Å². The molecule has 0 aromatic heterocycles. The fourth-order valence-electron chi connectivity index (χ4n) is 3.64. The molecule has 24 heavy (non-hydrogen) atoms. The van der Waals surface area contributed by atoms with Gasteiger partial charge < -0.3 is 9.47 Å². The van der Waals surface area contributed by atoms with Crippen LogP contribution < -0.4 is 9.47 Å². The zero-order valence-corrected chi connectivity index (χ0v) is 14.7. The minimum Gasteiger partial charge on any atom is -0.497 e. The molecule has 132 valence electrons. The van der Waals surface area contributed by atoms with E-state index in [2.05, 4.69) is 0 Å². The molecule has 0 spiro atoms. The molecule has 0 amide bonds. The van der Waals surface area contributed by atoms with Crippen LogP contribution in [0.1, 0.15) is 44.6 Å². The maximum absolute atomic E-state index is 12.9. The summed E-state index contributed by atoms with van der Waals surface area (Å²) in [4.78, 5) is 23.8. The highest BCUT2D eigenvalue weighted by Crippen LogP contribution is 2.44. The molecule has 0 N–H and O–H groups in total. The Morgan fingerprint density at radius 3 is 2.62 bits per heavy atom. The van der Waals surface area contributed by atoms with Crippen molar-refractivity contribution in [2.24, 2.45) is 11.3 Å². The first-order valence-corrected chi connectivity index (χ1v) is 8.18. The normalized spacial score (nSPS) is 21.2. The standard InChI is InChI=1S/C18H25NO5/c1-18(2)9-5-6-13(17(18)20)15(11-19(21)22)14-10-12(23-3)7-8-16(14)24-4/h7-8,10,13,15H,5-6,9,11H2,1-4H3/t13-,15-/m1/s1. The molecule has 1 aliphatic carbocycles. The average molecular weight is 335 g/mol. The van der Waals surface area contributed by atoms with Gasteiger partial charge in [-0.15, -0.1) is 0 Å². The summed E-state index contributed by atoms with van der Waals surface area (Å²) in [5.41, 5.74) is 0.230. The van der Waals surface area contributed by atoms with Crippen LogP contribution in [-0.2, 0) is 4.79 Å². The van der Waals surface area contributed by atoms with E-state index in [0.29, 0.717) is 23.5 Å². The molecule has 2 atom stereocenters. The van der Waals surface area contributed by atoms with Gasteiger partial charge in [0.25, 0.3) is 0 Å². The average Bonchev–Trinajstić information content (AvgIpc) is 2.54. The van der Waals surface area contributed by atoms with Crippen LogP contribution in [0.4, 0.5) is 0 Å². The second kappa shape index (κ2) is 7.20. The largest absolute Gasteiger partial charge is 0.497 e. The van der Waals surface area contributed by atoms with Crippen LogP contribution in [0.2, 0.25) is 0 Å². The molecule has 1 fully saturated rings. The highest BCUT2D eigenvalue weighted by Gasteiger charge is 2.43. The number of ether oxygens (including phenoxy) is 2. The molecule has 1 aromatic rings. The Balaban J connectivity index is 2.49. The first-order chi connectivity index (χ1) is 11.3. The summed E-state index contributed by atoms with van der Waals surface area (Å²) in [6.45, 7) is 3.55. The van der Waals surface area contributed by atoms with Crippen molar-refractivity contribution >= 4 is 5.78 Å². The van der Waals surface area contributed by atoms with E-state index in [1.807, 2.05) is 13.8 Å². The van der Waals surface area contributed by atoms with Gasteiger partial charge in [-0.25, -0.2) is 0 Å². The third-order valence-electron chi connectivity index (χ3n) is 4.99. The molecular formula is C18H25NO5. The Labute approximate surface area is 142 Å². The predicted molar refractivity (Wildman–Crippen MR) is 90.3 cm³/mol. The number of hydrogen-bond acceptors (Lipinski definition) is 5. The summed E-state index contributed by atoms with van der Waals surface area (Å²) >= 11 is 0. The zero-order valence-electron chi connectivity index (χ0n) is 14.7. The van der Waals surface area contributed by atoms with Crippen LogP contribution in [0.25, 0.3) is 0 Å². The summed E-state index contributed by atoms with van der Waals surface area (Å²) < 4.78 is 10.7.